The Labute approximate surface area is 111 Å². The maximum Gasteiger partial charge on any atom is 0.161 e. The second-order valence-electron chi connectivity index (χ2n) is 5.34. The van der Waals surface area contributed by atoms with Gasteiger partial charge >= 0.3 is 0 Å². The van der Waals surface area contributed by atoms with Gasteiger partial charge in [-0.25, -0.2) is 13.2 Å². The molecule has 2 nitrogen and oxygen atoms in total. The number of halogens is 3. The van der Waals surface area contributed by atoms with Crippen molar-refractivity contribution in [2.75, 3.05) is 7.05 Å². The Morgan fingerprint density at radius 2 is 1.63 bits per heavy atom. The summed E-state index contributed by atoms with van der Waals surface area (Å²) in [6.07, 6.45) is 3.83. The van der Waals surface area contributed by atoms with E-state index in [1.54, 1.807) is 0 Å². The van der Waals surface area contributed by atoms with Crippen LogP contribution in [0, 0.1) is 17.5 Å². The van der Waals surface area contributed by atoms with Gasteiger partial charge in [-0.2, -0.15) is 0 Å². The highest BCUT2D eigenvalue weighted by molar-refractivity contribution is 5.20. The van der Waals surface area contributed by atoms with Crippen molar-refractivity contribution in [3.63, 3.8) is 0 Å². The lowest BCUT2D eigenvalue weighted by Gasteiger charge is -2.33. The first-order valence-electron chi connectivity index (χ1n) is 6.56. The minimum atomic E-state index is -1.15. The fourth-order valence-electron chi connectivity index (χ4n) is 2.63. The molecule has 0 bridgehead atoms. The second kappa shape index (κ2) is 5.92. The van der Waals surface area contributed by atoms with Crippen LogP contribution in [0.1, 0.15) is 31.2 Å². The lowest BCUT2D eigenvalue weighted by molar-refractivity contribution is 0.174. The highest BCUT2D eigenvalue weighted by Crippen LogP contribution is 2.23. The van der Waals surface area contributed by atoms with Crippen LogP contribution in [0.25, 0.3) is 0 Å². The molecule has 5 heteroatoms. The summed E-state index contributed by atoms with van der Waals surface area (Å²) >= 11 is 0. The molecule has 19 heavy (non-hydrogen) atoms. The van der Waals surface area contributed by atoms with Crippen LogP contribution < -0.4 is 5.73 Å². The minimum Gasteiger partial charge on any atom is -0.328 e. The Bertz CT molecular complexity index is 443. The predicted octanol–water partition coefficient (Wildman–Crippen LogP) is 2.81. The molecule has 1 fully saturated rings. The zero-order chi connectivity index (χ0) is 14.0. The topological polar surface area (TPSA) is 29.3 Å². The summed E-state index contributed by atoms with van der Waals surface area (Å²) in [5, 5.41) is 0. The molecule has 0 spiro atoms. The van der Waals surface area contributed by atoms with E-state index in [4.69, 9.17) is 5.73 Å². The van der Waals surface area contributed by atoms with Crippen LogP contribution in [0.15, 0.2) is 12.1 Å². The van der Waals surface area contributed by atoms with E-state index in [1.807, 2.05) is 11.9 Å². The fraction of sp³-hybridized carbons (Fsp3) is 0.571. The van der Waals surface area contributed by atoms with Crippen molar-refractivity contribution in [3.05, 3.63) is 35.1 Å². The molecule has 0 unspecified atom stereocenters. The molecule has 0 amide bonds. The van der Waals surface area contributed by atoms with Gasteiger partial charge in [-0.3, -0.25) is 4.90 Å². The molecule has 2 rings (SSSR count). The average molecular weight is 272 g/mol. The van der Waals surface area contributed by atoms with E-state index in [2.05, 4.69) is 0 Å². The van der Waals surface area contributed by atoms with Gasteiger partial charge in [0.15, 0.2) is 11.6 Å². The van der Waals surface area contributed by atoms with E-state index in [0.717, 1.165) is 31.7 Å². The van der Waals surface area contributed by atoms with Crippen molar-refractivity contribution in [1.29, 1.82) is 0 Å². The van der Waals surface area contributed by atoms with E-state index >= 15 is 0 Å². The summed E-state index contributed by atoms with van der Waals surface area (Å²) in [7, 11) is 1.88. The second-order valence-corrected chi connectivity index (χ2v) is 5.34. The highest BCUT2D eigenvalue weighted by Gasteiger charge is 2.23. The number of hydrogen-bond donors (Lipinski definition) is 1. The van der Waals surface area contributed by atoms with Gasteiger partial charge in [-0.1, -0.05) is 0 Å². The van der Waals surface area contributed by atoms with Crippen LogP contribution in [0.2, 0.25) is 0 Å². The van der Waals surface area contributed by atoms with Gasteiger partial charge in [0.2, 0.25) is 0 Å². The maximum absolute atomic E-state index is 13.6. The number of rotatable bonds is 3. The molecule has 1 aliphatic carbocycles. The van der Waals surface area contributed by atoms with Gasteiger partial charge in [-0.15, -0.1) is 0 Å². The van der Waals surface area contributed by atoms with E-state index in [-0.39, 0.29) is 18.2 Å². The molecular formula is C14H19F3N2. The van der Waals surface area contributed by atoms with Crippen molar-refractivity contribution >= 4 is 0 Å². The summed E-state index contributed by atoms with van der Waals surface area (Å²) in [6, 6.07) is 2.13. The third-order valence-corrected chi connectivity index (χ3v) is 3.87. The molecule has 0 saturated heterocycles. The van der Waals surface area contributed by atoms with E-state index < -0.39 is 17.5 Å². The van der Waals surface area contributed by atoms with Crippen LogP contribution in [0.3, 0.4) is 0 Å². The summed E-state index contributed by atoms with van der Waals surface area (Å²) in [5.41, 5.74) is 6.03. The molecule has 1 aliphatic rings. The Balaban J connectivity index is 2.02. The van der Waals surface area contributed by atoms with Gasteiger partial charge in [0.1, 0.15) is 5.82 Å². The summed E-state index contributed by atoms with van der Waals surface area (Å²) in [6.45, 7) is 0.281. The van der Waals surface area contributed by atoms with Crippen molar-refractivity contribution < 1.29 is 13.2 Å². The third kappa shape index (κ3) is 3.48. The monoisotopic (exact) mass is 272 g/mol. The van der Waals surface area contributed by atoms with Crippen LogP contribution in [0.4, 0.5) is 13.2 Å². The van der Waals surface area contributed by atoms with Crippen LogP contribution in [-0.4, -0.2) is 24.0 Å². The van der Waals surface area contributed by atoms with Gasteiger partial charge < -0.3 is 5.73 Å². The summed E-state index contributed by atoms with van der Waals surface area (Å²) < 4.78 is 39.5. The van der Waals surface area contributed by atoms with Gasteiger partial charge in [0, 0.05) is 30.3 Å². The molecule has 106 valence electrons. The van der Waals surface area contributed by atoms with Crippen molar-refractivity contribution in [1.82, 2.24) is 4.90 Å². The number of hydrogen-bond acceptors (Lipinski definition) is 2. The summed E-state index contributed by atoms with van der Waals surface area (Å²) in [4.78, 5) is 1.99. The lowest BCUT2D eigenvalue weighted by atomic mass is 9.91. The number of nitrogens with zero attached hydrogens (tertiary/aromatic N) is 1. The highest BCUT2D eigenvalue weighted by atomic mass is 19.2. The SMILES string of the molecule is CN(Cc1cc(F)c(F)cc1F)C1CCC(N)CC1. The normalized spacial score (nSPS) is 23.9. The van der Waals surface area contributed by atoms with Crippen molar-refractivity contribution in [2.24, 2.45) is 5.73 Å². The molecule has 0 atom stereocenters. The maximum atomic E-state index is 13.6. The van der Waals surface area contributed by atoms with Crippen molar-refractivity contribution in [2.45, 2.75) is 44.3 Å². The Morgan fingerprint density at radius 3 is 2.26 bits per heavy atom. The van der Waals surface area contributed by atoms with Crippen LogP contribution in [0.5, 0.6) is 0 Å². The molecule has 2 N–H and O–H groups in total. The van der Waals surface area contributed by atoms with Crippen molar-refractivity contribution in [3.8, 4) is 0 Å². The Morgan fingerprint density at radius 1 is 1.05 bits per heavy atom. The fourth-order valence-corrected chi connectivity index (χ4v) is 2.63. The van der Waals surface area contributed by atoms with Crippen LogP contribution >= 0.6 is 0 Å². The molecule has 1 aromatic carbocycles. The van der Waals surface area contributed by atoms with E-state index in [0.29, 0.717) is 12.1 Å². The molecule has 0 aromatic heterocycles. The first-order chi connectivity index (χ1) is 8.97. The van der Waals surface area contributed by atoms with Gasteiger partial charge in [-0.05, 0) is 38.8 Å². The van der Waals surface area contributed by atoms with E-state index in [1.165, 1.54) is 0 Å². The molecule has 0 heterocycles. The quantitative estimate of drug-likeness (QED) is 0.857. The van der Waals surface area contributed by atoms with Gasteiger partial charge in [0.25, 0.3) is 0 Å². The molecule has 1 aromatic rings. The van der Waals surface area contributed by atoms with E-state index in [9.17, 15) is 13.2 Å². The first kappa shape index (κ1) is 14.3. The predicted molar refractivity (Wildman–Crippen MR) is 68.0 cm³/mol. The zero-order valence-electron chi connectivity index (χ0n) is 11.0. The van der Waals surface area contributed by atoms with Crippen LogP contribution in [-0.2, 0) is 6.54 Å². The zero-order valence-corrected chi connectivity index (χ0v) is 11.0. The average Bonchev–Trinajstić information content (AvgIpc) is 2.36. The molecule has 0 aliphatic heterocycles. The number of nitrogens with two attached hydrogens (primary N) is 1. The Hall–Kier alpha value is -1.07. The smallest absolute Gasteiger partial charge is 0.161 e. The largest absolute Gasteiger partial charge is 0.328 e. The standard InChI is InChI=1S/C14H19F3N2/c1-19(11-4-2-10(18)3-5-11)8-9-6-13(16)14(17)7-12(9)15/h6-7,10-11H,2-5,8,18H2,1H3. The first-order valence-corrected chi connectivity index (χ1v) is 6.56. The van der Waals surface area contributed by atoms with Gasteiger partial charge in [0.05, 0.1) is 0 Å². The molecule has 1 saturated carbocycles. The minimum absolute atomic E-state index is 0.191. The molecular weight excluding hydrogens is 253 g/mol. The lowest BCUT2D eigenvalue weighted by Crippen LogP contribution is -2.38. The molecule has 0 radical (unpaired) electrons. The third-order valence-electron chi connectivity index (χ3n) is 3.87. The number of benzene rings is 1. The summed E-state index contributed by atoms with van der Waals surface area (Å²) in [5.74, 6) is -2.85. The Kier molecular flexibility index (Phi) is 4.47.